The minimum Gasteiger partial charge on any atom is -0.444 e. The van der Waals surface area contributed by atoms with Crippen molar-refractivity contribution in [2.24, 2.45) is 0 Å². The van der Waals surface area contributed by atoms with Gasteiger partial charge in [0.1, 0.15) is 5.60 Å². The maximum absolute atomic E-state index is 13.2. The molecule has 38 heavy (non-hydrogen) atoms. The lowest BCUT2D eigenvalue weighted by Crippen LogP contribution is -2.60. The second-order valence-corrected chi connectivity index (χ2v) is 11.7. The van der Waals surface area contributed by atoms with Crippen LogP contribution in [0.15, 0.2) is 48.7 Å². The second-order valence-electron chi connectivity index (χ2n) is 10.7. The number of thiazole rings is 1. The Hall–Kier alpha value is -3.92. The van der Waals surface area contributed by atoms with E-state index in [9.17, 15) is 14.4 Å². The van der Waals surface area contributed by atoms with Crippen molar-refractivity contribution in [1.82, 2.24) is 25.3 Å². The van der Waals surface area contributed by atoms with Crippen molar-refractivity contribution in [3.8, 4) is 11.3 Å². The van der Waals surface area contributed by atoms with Crippen LogP contribution in [-0.2, 0) is 4.74 Å². The summed E-state index contributed by atoms with van der Waals surface area (Å²) in [5.74, 6) is -0.295. The molecule has 0 aliphatic heterocycles. The second kappa shape index (κ2) is 9.75. The van der Waals surface area contributed by atoms with Gasteiger partial charge in [0.15, 0.2) is 4.96 Å². The summed E-state index contributed by atoms with van der Waals surface area (Å²) in [7, 11) is 1.61. The normalized spacial score (nSPS) is 14.6. The van der Waals surface area contributed by atoms with E-state index in [1.807, 2.05) is 61.7 Å². The van der Waals surface area contributed by atoms with Gasteiger partial charge in [-0.05, 0) is 70.4 Å². The Morgan fingerprint density at radius 1 is 1.05 bits per heavy atom. The number of benzene rings is 2. The Labute approximate surface area is 224 Å². The molecule has 0 radical (unpaired) electrons. The zero-order valence-electron chi connectivity index (χ0n) is 21.9. The third-order valence-corrected chi connectivity index (χ3v) is 7.70. The standard InChI is InChI=1S/C28H31N5O4S/c1-27(2,3)37-26(36)30-16-28(12-5-13-28)32-24(35)19-10-11-21-22(14-19)38-25-31-20(15-33(21)25)17-6-8-18(9-7-17)23(34)29-4/h6-11,14-15H,5,12-13,16H2,1-4H3,(H,29,34)(H,30,36)(H,32,35). The van der Waals surface area contributed by atoms with E-state index in [-0.39, 0.29) is 11.8 Å². The first-order valence-electron chi connectivity index (χ1n) is 12.6. The number of rotatable bonds is 6. The average Bonchev–Trinajstić information content (AvgIpc) is 3.41. The van der Waals surface area contributed by atoms with Gasteiger partial charge in [0, 0.05) is 36.5 Å². The predicted octanol–water partition coefficient (Wildman–Crippen LogP) is 4.75. The molecule has 5 rings (SSSR count). The number of nitrogens with zero attached hydrogens (tertiary/aromatic N) is 2. The minimum absolute atomic E-state index is 0.129. The summed E-state index contributed by atoms with van der Waals surface area (Å²) in [5.41, 5.74) is 2.82. The van der Waals surface area contributed by atoms with E-state index in [1.54, 1.807) is 19.2 Å². The van der Waals surface area contributed by atoms with Gasteiger partial charge in [-0.3, -0.25) is 14.0 Å². The highest BCUT2D eigenvalue weighted by atomic mass is 32.1. The molecule has 1 fully saturated rings. The molecule has 2 aromatic heterocycles. The van der Waals surface area contributed by atoms with Gasteiger partial charge in [0.2, 0.25) is 0 Å². The van der Waals surface area contributed by atoms with E-state index in [0.717, 1.165) is 45.7 Å². The van der Waals surface area contributed by atoms with Crippen LogP contribution in [0.3, 0.4) is 0 Å². The molecule has 1 aliphatic rings. The molecule has 0 atom stereocenters. The van der Waals surface area contributed by atoms with Crippen molar-refractivity contribution in [1.29, 1.82) is 0 Å². The van der Waals surface area contributed by atoms with Gasteiger partial charge in [-0.25, -0.2) is 9.78 Å². The van der Waals surface area contributed by atoms with Crippen LogP contribution in [0.4, 0.5) is 4.79 Å². The molecule has 3 N–H and O–H groups in total. The van der Waals surface area contributed by atoms with Gasteiger partial charge in [0.25, 0.3) is 11.8 Å². The molecule has 0 spiro atoms. The molecule has 9 nitrogen and oxygen atoms in total. The van der Waals surface area contributed by atoms with E-state index in [4.69, 9.17) is 9.72 Å². The molecule has 1 saturated carbocycles. The summed E-state index contributed by atoms with van der Waals surface area (Å²) < 4.78 is 8.30. The zero-order chi connectivity index (χ0) is 27.1. The third-order valence-electron chi connectivity index (χ3n) is 6.69. The monoisotopic (exact) mass is 533 g/mol. The van der Waals surface area contributed by atoms with Gasteiger partial charge in [-0.1, -0.05) is 23.5 Å². The summed E-state index contributed by atoms with van der Waals surface area (Å²) in [6, 6.07) is 13.0. The molecule has 2 heterocycles. The maximum atomic E-state index is 13.2. The fraction of sp³-hybridized carbons (Fsp3) is 0.357. The fourth-order valence-corrected chi connectivity index (χ4v) is 5.58. The number of carbonyl (C=O) groups is 3. The van der Waals surface area contributed by atoms with Crippen LogP contribution in [0.2, 0.25) is 0 Å². The first-order valence-corrected chi connectivity index (χ1v) is 13.4. The highest BCUT2D eigenvalue weighted by Crippen LogP contribution is 2.33. The van der Waals surface area contributed by atoms with Crippen molar-refractivity contribution in [2.45, 2.75) is 51.2 Å². The highest BCUT2D eigenvalue weighted by molar-refractivity contribution is 7.23. The Morgan fingerprint density at radius 3 is 2.39 bits per heavy atom. The van der Waals surface area contributed by atoms with E-state index in [1.165, 1.54) is 11.3 Å². The average molecular weight is 534 g/mol. The van der Waals surface area contributed by atoms with Gasteiger partial charge in [-0.15, -0.1) is 0 Å². The SMILES string of the molecule is CNC(=O)c1ccc(-c2cn3c(n2)sc2cc(C(=O)NC4(CNC(=O)OC(C)(C)C)CCC4)ccc23)cc1. The first kappa shape index (κ1) is 25.7. The molecule has 1 aliphatic carbocycles. The highest BCUT2D eigenvalue weighted by Gasteiger charge is 2.39. The summed E-state index contributed by atoms with van der Waals surface area (Å²) in [5, 5.41) is 8.58. The number of hydrogen-bond donors (Lipinski definition) is 3. The van der Waals surface area contributed by atoms with Crippen LogP contribution in [0.25, 0.3) is 26.4 Å². The van der Waals surface area contributed by atoms with E-state index in [0.29, 0.717) is 17.7 Å². The molecule has 0 unspecified atom stereocenters. The minimum atomic E-state index is -0.575. The molecule has 0 saturated heterocycles. The van der Waals surface area contributed by atoms with Crippen LogP contribution < -0.4 is 16.0 Å². The molecule has 4 aromatic rings. The first-order chi connectivity index (χ1) is 18.1. The molecular formula is C28H31N5O4S. The van der Waals surface area contributed by atoms with Gasteiger partial charge in [-0.2, -0.15) is 0 Å². The molecule has 3 amide bonds. The van der Waals surface area contributed by atoms with E-state index in [2.05, 4.69) is 16.0 Å². The van der Waals surface area contributed by atoms with Crippen molar-refractivity contribution in [2.75, 3.05) is 13.6 Å². The number of imidazole rings is 1. The molecule has 2 aromatic carbocycles. The van der Waals surface area contributed by atoms with Crippen LogP contribution in [-0.4, -0.2) is 52.0 Å². The number of nitrogens with one attached hydrogen (secondary N) is 3. The van der Waals surface area contributed by atoms with Gasteiger partial charge >= 0.3 is 6.09 Å². The fourth-order valence-electron chi connectivity index (χ4n) is 4.54. The van der Waals surface area contributed by atoms with Crippen molar-refractivity contribution in [3.63, 3.8) is 0 Å². The maximum Gasteiger partial charge on any atom is 0.407 e. The van der Waals surface area contributed by atoms with Crippen LogP contribution in [0, 0.1) is 0 Å². The van der Waals surface area contributed by atoms with E-state index < -0.39 is 17.2 Å². The number of amides is 3. The topological polar surface area (TPSA) is 114 Å². The molecule has 10 heteroatoms. The number of ether oxygens (including phenoxy) is 1. The lowest BCUT2D eigenvalue weighted by Gasteiger charge is -2.42. The number of alkyl carbamates (subject to hydrolysis) is 1. The Bertz CT molecular complexity index is 1530. The lowest BCUT2D eigenvalue weighted by molar-refractivity contribution is 0.0477. The van der Waals surface area contributed by atoms with Crippen LogP contribution in [0.5, 0.6) is 0 Å². The van der Waals surface area contributed by atoms with Gasteiger partial charge < -0.3 is 20.7 Å². The zero-order valence-corrected chi connectivity index (χ0v) is 22.7. The predicted molar refractivity (Wildman–Crippen MR) is 148 cm³/mol. The summed E-state index contributed by atoms with van der Waals surface area (Å²) >= 11 is 1.51. The van der Waals surface area contributed by atoms with Crippen molar-refractivity contribution >= 4 is 44.4 Å². The smallest absolute Gasteiger partial charge is 0.407 e. The van der Waals surface area contributed by atoms with E-state index >= 15 is 0 Å². The quantitative estimate of drug-likeness (QED) is 0.331. The summed E-state index contributed by atoms with van der Waals surface area (Å²) in [4.78, 5) is 42.7. The molecule has 0 bridgehead atoms. The van der Waals surface area contributed by atoms with Crippen LogP contribution in [0.1, 0.15) is 60.7 Å². The molecule has 198 valence electrons. The largest absolute Gasteiger partial charge is 0.444 e. The Morgan fingerprint density at radius 2 is 1.76 bits per heavy atom. The number of hydrogen-bond acceptors (Lipinski definition) is 6. The van der Waals surface area contributed by atoms with Crippen LogP contribution >= 0.6 is 11.3 Å². The molecular weight excluding hydrogens is 502 g/mol. The number of fused-ring (bicyclic) bond motifs is 3. The van der Waals surface area contributed by atoms with Gasteiger partial charge in [0.05, 0.1) is 21.4 Å². The number of aromatic nitrogens is 2. The summed E-state index contributed by atoms with van der Waals surface area (Å²) in [6.45, 7) is 5.78. The number of carbonyl (C=O) groups excluding carboxylic acids is 3. The lowest BCUT2D eigenvalue weighted by atomic mass is 9.76. The van der Waals surface area contributed by atoms with Crippen molar-refractivity contribution in [3.05, 3.63) is 59.8 Å². The Kier molecular flexibility index (Phi) is 6.60. The summed E-state index contributed by atoms with van der Waals surface area (Å²) in [6.07, 6.45) is 4.08. The Balaban J connectivity index is 1.30. The third kappa shape index (κ3) is 5.22. The van der Waals surface area contributed by atoms with Crippen molar-refractivity contribution < 1.29 is 19.1 Å².